The summed E-state index contributed by atoms with van der Waals surface area (Å²) in [5.74, 6) is 0.545. The Morgan fingerprint density at radius 1 is 1.25 bits per heavy atom. The number of nitrogens with zero attached hydrogens (tertiary/aromatic N) is 1. The Labute approximate surface area is 149 Å². The van der Waals surface area contributed by atoms with Crippen molar-refractivity contribution >= 4 is 33.7 Å². The van der Waals surface area contributed by atoms with Crippen LogP contribution in [-0.4, -0.2) is 25.3 Å². The molecule has 1 amide bonds. The van der Waals surface area contributed by atoms with E-state index in [1.165, 1.54) is 0 Å². The second-order valence-electron chi connectivity index (χ2n) is 5.02. The fourth-order valence-corrected chi connectivity index (χ4v) is 2.44. The molecule has 1 N–H and O–H groups in total. The fraction of sp³-hybridized carbons (Fsp3) is 0.222. The molecule has 2 aromatic rings. The number of halogens is 1. The van der Waals surface area contributed by atoms with Gasteiger partial charge in [-0.1, -0.05) is 21.1 Å². The van der Waals surface area contributed by atoms with Gasteiger partial charge in [-0.3, -0.25) is 4.79 Å². The number of carbonyl (C=O) groups is 1. The number of benzene rings is 2. The summed E-state index contributed by atoms with van der Waals surface area (Å²) in [7, 11) is 0. The van der Waals surface area contributed by atoms with Crippen LogP contribution in [0.3, 0.4) is 0 Å². The number of ether oxygens (including phenoxy) is 1. The Kier molecular flexibility index (Phi) is 6.81. The molecule has 0 aliphatic heterocycles. The molecule has 0 spiro atoms. The second-order valence-corrected chi connectivity index (χ2v) is 5.93. The van der Waals surface area contributed by atoms with E-state index in [4.69, 9.17) is 9.57 Å². The van der Waals surface area contributed by atoms with Gasteiger partial charge in [0.1, 0.15) is 5.75 Å². The van der Waals surface area contributed by atoms with Crippen molar-refractivity contribution in [2.24, 2.45) is 5.16 Å². The molecular weight excluding hydrogens is 372 g/mol. The van der Waals surface area contributed by atoms with E-state index in [2.05, 4.69) is 26.4 Å². The van der Waals surface area contributed by atoms with Crippen molar-refractivity contribution in [1.29, 1.82) is 0 Å². The molecule has 0 radical (unpaired) electrons. The van der Waals surface area contributed by atoms with Gasteiger partial charge in [-0.05, 0) is 67.4 Å². The Hall–Kier alpha value is -2.34. The number of amides is 1. The fourth-order valence-electron chi connectivity index (χ4n) is 1.96. The third-order valence-corrected chi connectivity index (χ3v) is 3.62. The van der Waals surface area contributed by atoms with Crippen LogP contribution in [0.5, 0.6) is 5.75 Å². The average molecular weight is 391 g/mol. The third kappa shape index (κ3) is 5.70. The lowest BCUT2D eigenvalue weighted by Crippen LogP contribution is -2.17. The number of aryl methyl sites for hydroxylation is 1. The molecule has 0 fully saturated rings. The molecule has 0 aromatic heterocycles. The highest BCUT2D eigenvalue weighted by Crippen LogP contribution is 2.19. The predicted octanol–water partition coefficient (Wildman–Crippen LogP) is 4.15. The first-order valence-corrected chi connectivity index (χ1v) is 8.32. The van der Waals surface area contributed by atoms with E-state index in [1.807, 2.05) is 56.3 Å². The first-order valence-electron chi connectivity index (χ1n) is 7.52. The summed E-state index contributed by atoms with van der Waals surface area (Å²) in [4.78, 5) is 16.9. The lowest BCUT2D eigenvalue weighted by atomic mass is 10.2. The van der Waals surface area contributed by atoms with Crippen molar-refractivity contribution in [2.75, 3.05) is 18.5 Å². The number of anilines is 1. The zero-order valence-electron chi connectivity index (χ0n) is 13.6. The maximum atomic E-state index is 11.8. The third-order valence-electron chi connectivity index (χ3n) is 3.13. The van der Waals surface area contributed by atoms with E-state index in [0.29, 0.717) is 6.61 Å². The molecule has 0 aliphatic carbocycles. The molecular formula is C18H19BrN2O3. The highest BCUT2D eigenvalue weighted by atomic mass is 79.9. The summed E-state index contributed by atoms with van der Waals surface area (Å²) in [5, 5.41) is 6.58. The summed E-state index contributed by atoms with van der Waals surface area (Å²) in [5.41, 5.74) is 2.58. The number of hydrogen-bond donors (Lipinski definition) is 1. The number of nitrogens with one attached hydrogen (secondary N) is 1. The van der Waals surface area contributed by atoms with Crippen LogP contribution in [-0.2, 0) is 9.63 Å². The van der Waals surface area contributed by atoms with Gasteiger partial charge in [-0.15, -0.1) is 0 Å². The van der Waals surface area contributed by atoms with Crippen molar-refractivity contribution < 1.29 is 14.4 Å². The lowest BCUT2D eigenvalue weighted by molar-refractivity contribution is -0.120. The molecule has 2 rings (SSSR count). The zero-order valence-corrected chi connectivity index (χ0v) is 15.2. The van der Waals surface area contributed by atoms with Gasteiger partial charge in [0.05, 0.1) is 12.8 Å². The molecule has 0 saturated heterocycles. The van der Waals surface area contributed by atoms with E-state index < -0.39 is 0 Å². The molecule has 0 heterocycles. The molecule has 6 heteroatoms. The molecule has 0 atom stereocenters. The minimum atomic E-state index is -0.260. The van der Waals surface area contributed by atoms with E-state index in [9.17, 15) is 4.79 Å². The van der Waals surface area contributed by atoms with Crippen LogP contribution in [0.25, 0.3) is 0 Å². The van der Waals surface area contributed by atoms with Crippen molar-refractivity contribution in [2.45, 2.75) is 13.8 Å². The van der Waals surface area contributed by atoms with E-state index >= 15 is 0 Å². The Bertz CT molecular complexity index is 715. The molecule has 0 unspecified atom stereocenters. The zero-order chi connectivity index (χ0) is 17.4. The van der Waals surface area contributed by atoms with Gasteiger partial charge in [-0.25, -0.2) is 0 Å². The SMILES string of the molecule is CCOc1ccc(/C=N\OCC(=O)Nc2ccc(Br)cc2C)cc1. The van der Waals surface area contributed by atoms with E-state index in [-0.39, 0.29) is 12.5 Å². The molecule has 2 aromatic carbocycles. The Balaban J connectivity index is 1.79. The van der Waals surface area contributed by atoms with Gasteiger partial charge in [-0.2, -0.15) is 0 Å². The van der Waals surface area contributed by atoms with Crippen molar-refractivity contribution in [1.82, 2.24) is 0 Å². The second kappa shape index (κ2) is 9.08. The maximum Gasteiger partial charge on any atom is 0.265 e. The van der Waals surface area contributed by atoms with Gasteiger partial charge in [0, 0.05) is 10.2 Å². The number of hydrogen-bond acceptors (Lipinski definition) is 4. The minimum Gasteiger partial charge on any atom is -0.494 e. The monoisotopic (exact) mass is 390 g/mol. The van der Waals surface area contributed by atoms with Crippen LogP contribution < -0.4 is 10.1 Å². The van der Waals surface area contributed by atoms with Crippen molar-refractivity contribution in [3.8, 4) is 5.75 Å². The number of oxime groups is 1. The highest BCUT2D eigenvalue weighted by Gasteiger charge is 2.05. The van der Waals surface area contributed by atoms with Crippen LogP contribution in [0, 0.1) is 6.92 Å². The van der Waals surface area contributed by atoms with Crippen LogP contribution in [0.2, 0.25) is 0 Å². The van der Waals surface area contributed by atoms with Crippen LogP contribution >= 0.6 is 15.9 Å². The van der Waals surface area contributed by atoms with Gasteiger partial charge in [0.25, 0.3) is 5.91 Å². The standard InChI is InChI=1S/C18H19BrN2O3/c1-3-23-16-7-4-14(5-8-16)11-20-24-12-18(22)21-17-9-6-15(19)10-13(17)2/h4-11H,3,12H2,1-2H3,(H,21,22)/b20-11-. The first kappa shape index (κ1) is 18.0. The minimum absolute atomic E-state index is 0.150. The summed E-state index contributed by atoms with van der Waals surface area (Å²) in [6.07, 6.45) is 1.55. The Morgan fingerprint density at radius 2 is 2.00 bits per heavy atom. The summed E-state index contributed by atoms with van der Waals surface area (Å²) >= 11 is 3.38. The first-order chi connectivity index (χ1) is 11.6. The smallest absolute Gasteiger partial charge is 0.265 e. The van der Waals surface area contributed by atoms with Gasteiger partial charge >= 0.3 is 0 Å². The van der Waals surface area contributed by atoms with Crippen molar-refractivity contribution in [3.63, 3.8) is 0 Å². The Morgan fingerprint density at radius 3 is 2.67 bits per heavy atom. The molecule has 0 saturated carbocycles. The molecule has 5 nitrogen and oxygen atoms in total. The van der Waals surface area contributed by atoms with Crippen LogP contribution in [0.1, 0.15) is 18.1 Å². The normalized spacial score (nSPS) is 10.6. The van der Waals surface area contributed by atoms with E-state index in [0.717, 1.165) is 27.0 Å². The quantitative estimate of drug-likeness (QED) is 0.570. The summed E-state index contributed by atoms with van der Waals surface area (Å²) < 4.78 is 6.33. The topological polar surface area (TPSA) is 59.9 Å². The predicted molar refractivity (Wildman–Crippen MR) is 98.7 cm³/mol. The van der Waals surface area contributed by atoms with Gasteiger partial charge in [0.2, 0.25) is 0 Å². The molecule has 0 aliphatic rings. The maximum absolute atomic E-state index is 11.8. The van der Waals surface area contributed by atoms with Crippen LogP contribution in [0.4, 0.5) is 5.69 Å². The van der Waals surface area contributed by atoms with Gasteiger partial charge < -0.3 is 14.9 Å². The highest BCUT2D eigenvalue weighted by molar-refractivity contribution is 9.10. The summed E-state index contributed by atoms with van der Waals surface area (Å²) in [6, 6.07) is 13.1. The largest absolute Gasteiger partial charge is 0.494 e. The number of rotatable bonds is 7. The van der Waals surface area contributed by atoms with Crippen LogP contribution in [0.15, 0.2) is 52.1 Å². The molecule has 126 valence electrons. The molecule has 24 heavy (non-hydrogen) atoms. The molecule has 0 bridgehead atoms. The van der Waals surface area contributed by atoms with E-state index in [1.54, 1.807) is 6.21 Å². The van der Waals surface area contributed by atoms with Gasteiger partial charge in [0.15, 0.2) is 6.61 Å². The summed E-state index contributed by atoms with van der Waals surface area (Å²) in [6.45, 7) is 4.34. The lowest BCUT2D eigenvalue weighted by Gasteiger charge is -2.07. The van der Waals surface area contributed by atoms with Crippen molar-refractivity contribution in [3.05, 3.63) is 58.1 Å². The average Bonchev–Trinajstić information content (AvgIpc) is 2.56. The number of carbonyl (C=O) groups excluding carboxylic acids is 1.